The summed E-state index contributed by atoms with van der Waals surface area (Å²) >= 11 is 1.31. The van der Waals surface area contributed by atoms with E-state index in [2.05, 4.69) is 4.98 Å². The van der Waals surface area contributed by atoms with Crippen LogP contribution < -0.4 is 5.56 Å². The highest BCUT2D eigenvalue weighted by atomic mass is 32.1. The van der Waals surface area contributed by atoms with Gasteiger partial charge in [0, 0.05) is 16.6 Å². The van der Waals surface area contributed by atoms with Crippen LogP contribution in [0.5, 0.6) is 0 Å². The van der Waals surface area contributed by atoms with Gasteiger partial charge in [-0.3, -0.25) is 14.1 Å². The summed E-state index contributed by atoms with van der Waals surface area (Å²) in [5.74, 6) is -0.478. The van der Waals surface area contributed by atoms with Gasteiger partial charge in [-0.25, -0.2) is 14.2 Å². The summed E-state index contributed by atoms with van der Waals surface area (Å²) in [5.41, 5.74) is 0.563. The number of hydrogen-bond acceptors (Lipinski definition) is 4. The highest BCUT2D eigenvalue weighted by molar-refractivity contribution is 7.15. The molecule has 8 heteroatoms. The van der Waals surface area contributed by atoms with Crippen molar-refractivity contribution in [3.8, 4) is 11.1 Å². The standard InChI is InChI=1S/C20H22FN3O3S/c1-11-10-28-18-22-16(12(2)24(19(26)27)20(3,4)5)15(17(25)23(11)18)13-7-6-8-14(21)9-13/h6-10,12H,1-5H3,(H,26,27)/t12-/m0/s1. The fourth-order valence-electron chi connectivity index (χ4n) is 3.47. The Morgan fingerprint density at radius 3 is 2.61 bits per heavy atom. The van der Waals surface area contributed by atoms with Crippen LogP contribution in [0.2, 0.25) is 0 Å². The molecule has 1 aromatic carbocycles. The van der Waals surface area contributed by atoms with Gasteiger partial charge < -0.3 is 5.11 Å². The average molecular weight is 403 g/mol. The normalized spacial score (nSPS) is 12.9. The number of carboxylic acid groups (broad SMARTS) is 1. The van der Waals surface area contributed by atoms with E-state index >= 15 is 0 Å². The molecule has 0 saturated heterocycles. The molecule has 2 heterocycles. The van der Waals surface area contributed by atoms with Gasteiger partial charge in [0.25, 0.3) is 5.56 Å². The van der Waals surface area contributed by atoms with Gasteiger partial charge in [0.15, 0.2) is 4.96 Å². The topological polar surface area (TPSA) is 74.9 Å². The number of benzene rings is 1. The molecule has 28 heavy (non-hydrogen) atoms. The number of nitrogens with zero attached hydrogens (tertiary/aromatic N) is 3. The Bertz CT molecular complexity index is 1110. The van der Waals surface area contributed by atoms with Gasteiger partial charge in [-0.1, -0.05) is 12.1 Å². The van der Waals surface area contributed by atoms with E-state index in [0.717, 1.165) is 5.69 Å². The highest BCUT2D eigenvalue weighted by Crippen LogP contribution is 2.33. The van der Waals surface area contributed by atoms with Crippen LogP contribution in [0.1, 0.15) is 45.1 Å². The van der Waals surface area contributed by atoms with Crippen molar-refractivity contribution in [3.63, 3.8) is 0 Å². The first kappa shape index (κ1) is 20.0. The van der Waals surface area contributed by atoms with Gasteiger partial charge in [0.1, 0.15) is 5.82 Å². The Morgan fingerprint density at radius 1 is 1.36 bits per heavy atom. The van der Waals surface area contributed by atoms with Crippen LogP contribution in [0, 0.1) is 12.7 Å². The lowest BCUT2D eigenvalue weighted by atomic mass is 9.97. The van der Waals surface area contributed by atoms with E-state index in [1.54, 1.807) is 40.7 Å². The molecular weight excluding hydrogens is 381 g/mol. The van der Waals surface area contributed by atoms with Crippen LogP contribution >= 0.6 is 11.3 Å². The molecule has 3 aromatic rings. The Labute approximate surface area is 165 Å². The van der Waals surface area contributed by atoms with Gasteiger partial charge in [0.2, 0.25) is 0 Å². The second-order valence-corrected chi connectivity index (χ2v) is 8.52. The van der Waals surface area contributed by atoms with E-state index < -0.39 is 23.5 Å². The summed E-state index contributed by atoms with van der Waals surface area (Å²) in [5, 5.41) is 11.6. The van der Waals surface area contributed by atoms with Crippen molar-refractivity contribution >= 4 is 22.4 Å². The van der Waals surface area contributed by atoms with Crippen molar-refractivity contribution in [2.75, 3.05) is 0 Å². The fraction of sp³-hybridized carbons (Fsp3) is 0.350. The summed E-state index contributed by atoms with van der Waals surface area (Å²) in [6.07, 6.45) is -1.12. The zero-order chi connectivity index (χ0) is 20.8. The van der Waals surface area contributed by atoms with E-state index in [1.165, 1.54) is 38.8 Å². The zero-order valence-electron chi connectivity index (χ0n) is 16.4. The summed E-state index contributed by atoms with van der Waals surface area (Å²) in [4.78, 5) is 31.7. The molecule has 1 N–H and O–H groups in total. The molecule has 0 aliphatic rings. The predicted molar refractivity (Wildman–Crippen MR) is 108 cm³/mol. The Balaban J connectivity index is 2.37. The second kappa shape index (κ2) is 7.01. The van der Waals surface area contributed by atoms with E-state index in [0.29, 0.717) is 16.2 Å². The number of amides is 1. The third-order valence-corrected chi connectivity index (χ3v) is 5.54. The van der Waals surface area contributed by atoms with Crippen LogP contribution in [0.3, 0.4) is 0 Å². The molecule has 148 valence electrons. The third kappa shape index (κ3) is 3.40. The number of aryl methyl sites for hydroxylation is 1. The monoisotopic (exact) mass is 403 g/mol. The largest absolute Gasteiger partial charge is 0.465 e. The van der Waals surface area contributed by atoms with Gasteiger partial charge in [-0.2, -0.15) is 0 Å². The van der Waals surface area contributed by atoms with Crippen LogP contribution in [0.4, 0.5) is 9.18 Å². The quantitative estimate of drug-likeness (QED) is 0.687. The van der Waals surface area contributed by atoms with Crippen LogP contribution in [-0.2, 0) is 0 Å². The van der Waals surface area contributed by atoms with E-state index in [1.807, 2.05) is 5.38 Å². The summed E-state index contributed by atoms with van der Waals surface area (Å²) in [6, 6.07) is 5.01. The number of thiazole rings is 1. The Kier molecular flexibility index (Phi) is 5.01. The van der Waals surface area contributed by atoms with E-state index in [-0.39, 0.29) is 11.1 Å². The van der Waals surface area contributed by atoms with Crippen LogP contribution in [0.25, 0.3) is 16.1 Å². The minimum absolute atomic E-state index is 0.210. The van der Waals surface area contributed by atoms with Crippen molar-refractivity contribution in [1.29, 1.82) is 0 Å². The van der Waals surface area contributed by atoms with Crippen LogP contribution in [-0.4, -0.2) is 31.0 Å². The molecule has 0 unspecified atom stereocenters. The molecule has 1 atom stereocenters. The molecule has 0 saturated carbocycles. The molecule has 0 radical (unpaired) electrons. The number of halogens is 1. The van der Waals surface area contributed by atoms with Gasteiger partial charge in [-0.05, 0) is 52.3 Å². The molecule has 1 amide bonds. The molecular formula is C20H22FN3O3S. The van der Waals surface area contributed by atoms with Gasteiger partial charge >= 0.3 is 6.09 Å². The lowest BCUT2D eigenvalue weighted by Crippen LogP contribution is -2.47. The van der Waals surface area contributed by atoms with E-state index in [9.17, 15) is 19.1 Å². The maximum absolute atomic E-state index is 13.9. The smallest absolute Gasteiger partial charge is 0.408 e. The number of fused-ring (bicyclic) bond motifs is 1. The molecule has 0 aliphatic heterocycles. The maximum atomic E-state index is 13.9. The number of carbonyl (C=O) groups is 1. The molecule has 2 aromatic heterocycles. The molecule has 0 spiro atoms. The van der Waals surface area contributed by atoms with Gasteiger partial charge in [0.05, 0.1) is 17.3 Å². The van der Waals surface area contributed by atoms with E-state index in [4.69, 9.17) is 0 Å². The number of aromatic nitrogens is 2. The summed E-state index contributed by atoms with van der Waals surface area (Å²) < 4.78 is 15.4. The minimum Gasteiger partial charge on any atom is -0.465 e. The predicted octanol–water partition coefficient (Wildman–Crippen LogP) is 4.71. The first-order valence-corrected chi connectivity index (χ1v) is 9.69. The van der Waals surface area contributed by atoms with Crippen molar-refractivity contribution in [1.82, 2.24) is 14.3 Å². The summed E-state index contributed by atoms with van der Waals surface area (Å²) in [6.45, 7) is 8.82. The molecule has 6 nitrogen and oxygen atoms in total. The van der Waals surface area contributed by atoms with Crippen molar-refractivity contribution in [2.24, 2.45) is 0 Å². The zero-order valence-corrected chi connectivity index (χ0v) is 17.2. The van der Waals surface area contributed by atoms with Crippen molar-refractivity contribution < 1.29 is 14.3 Å². The van der Waals surface area contributed by atoms with Crippen LogP contribution in [0.15, 0.2) is 34.4 Å². The molecule has 3 rings (SSSR count). The maximum Gasteiger partial charge on any atom is 0.408 e. The highest BCUT2D eigenvalue weighted by Gasteiger charge is 2.35. The molecule has 0 aliphatic carbocycles. The Morgan fingerprint density at radius 2 is 2.04 bits per heavy atom. The van der Waals surface area contributed by atoms with Crippen molar-refractivity contribution in [3.05, 3.63) is 57.2 Å². The lowest BCUT2D eigenvalue weighted by Gasteiger charge is -2.38. The minimum atomic E-state index is -1.12. The average Bonchev–Trinajstić information content (AvgIpc) is 2.94. The Hall–Kier alpha value is -2.74. The van der Waals surface area contributed by atoms with Crippen molar-refractivity contribution in [2.45, 2.75) is 46.2 Å². The molecule has 0 fully saturated rings. The van der Waals surface area contributed by atoms with Gasteiger partial charge in [-0.15, -0.1) is 11.3 Å². The fourth-order valence-corrected chi connectivity index (χ4v) is 4.34. The molecule has 0 bridgehead atoms. The SMILES string of the molecule is Cc1csc2nc([C@H](C)N(C(=O)O)C(C)(C)C)c(-c3cccc(F)c3)c(=O)n12. The summed E-state index contributed by atoms with van der Waals surface area (Å²) in [7, 11) is 0. The number of rotatable bonds is 3. The first-order chi connectivity index (χ1) is 13.0. The number of hydrogen-bond donors (Lipinski definition) is 1. The second-order valence-electron chi connectivity index (χ2n) is 7.68. The third-order valence-electron chi connectivity index (χ3n) is 4.59. The lowest BCUT2D eigenvalue weighted by molar-refractivity contribution is 0.0742. The first-order valence-electron chi connectivity index (χ1n) is 8.81.